The van der Waals surface area contributed by atoms with Crippen molar-refractivity contribution in [1.82, 2.24) is 9.44 Å². The average Bonchev–Trinajstić information content (AvgIpc) is 2.01. The van der Waals surface area contributed by atoms with Crippen LogP contribution in [0.5, 0.6) is 0 Å². The second-order valence-electron chi connectivity index (χ2n) is 2.77. The predicted octanol–water partition coefficient (Wildman–Crippen LogP) is -0.235. The van der Waals surface area contributed by atoms with E-state index in [0.29, 0.717) is 0 Å². The zero-order chi connectivity index (χ0) is 11.9. The Morgan fingerprint density at radius 3 is 1.33 bits per heavy atom. The molecule has 1 fully saturated rings. The van der Waals surface area contributed by atoms with Crippen molar-refractivity contribution in [2.24, 2.45) is 0 Å². The third-order valence-electron chi connectivity index (χ3n) is 1.41. The monoisotopic (exact) mass is 266 g/mol. The molecular weight excluding hydrogens is 254 g/mol. The highest BCUT2D eigenvalue weighted by Crippen LogP contribution is 1.96. The lowest BCUT2D eigenvalue weighted by atomic mass is 10.2. The van der Waals surface area contributed by atoms with Crippen LogP contribution in [0.25, 0.3) is 0 Å². The lowest BCUT2D eigenvalue weighted by Gasteiger charge is -2.08. The van der Waals surface area contributed by atoms with Crippen molar-refractivity contribution in [2.45, 2.75) is 19.3 Å². The molecule has 0 unspecified atom stereocenters. The van der Waals surface area contributed by atoms with Gasteiger partial charge < -0.3 is 5.32 Å². The number of piperidine rings is 1. The molecule has 1 aliphatic rings. The molecule has 0 radical (unpaired) electrons. The van der Waals surface area contributed by atoms with Crippen molar-refractivity contribution in [3.63, 3.8) is 0 Å². The Labute approximate surface area is 87.7 Å². The summed E-state index contributed by atoms with van der Waals surface area (Å²) in [7, 11) is -11.0. The second kappa shape index (κ2) is 6.30. The van der Waals surface area contributed by atoms with Crippen LogP contribution in [0.1, 0.15) is 19.3 Å². The molecule has 1 aliphatic heterocycles. The van der Waals surface area contributed by atoms with Gasteiger partial charge in [0.05, 0.1) is 0 Å². The van der Waals surface area contributed by atoms with Gasteiger partial charge in [-0.15, -0.1) is 0 Å². The Morgan fingerprint density at radius 1 is 0.867 bits per heavy atom. The van der Waals surface area contributed by atoms with Gasteiger partial charge in [0.1, 0.15) is 0 Å². The Hall–Kier alpha value is -0.320. The highest BCUT2D eigenvalue weighted by atomic mass is 32.3. The number of hydrogen-bond acceptors (Lipinski definition) is 5. The van der Waals surface area contributed by atoms with Gasteiger partial charge in [0.2, 0.25) is 0 Å². The first kappa shape index (κ1) is 14.7. The summed E-state index contributed by atoms with van der Waals surface area (Å²) in [5.74, 6) is 0. The smallest absolute Gasteiger partial charge is 0.317 e. The molecule has 0 aromatic rings. The largest absolute Gasteiger partial charge is 0.387 e. The summed E-state index contributed by atoms with van der Waals surface area (Å²) < 4.78 is 59.3. The van der Waals surface area contributed by atoms with Gasteiger partial charge in [-0.25, -0.2) is 0 Å². The molecule has 0 amide bonds. The lowest BCUT2D eigenvalue weighted by Crippen LogP contribution is -2.23. The fraction of sp³-hybridized carbons (Fsp3) is 1.00. The molecule has 6 nitrogen and oxygen atoms in total. The van der Waals surface area contributed by atoms with Gasteiger partial charge >= 0.3 is 20.8 Å². The molecule has 15 heavy (non-hydrogen) atoms. The minimum Gasteiger partial charge on any atom is -0.317 e. The predicted molar refractivity (Wildman–Crippen MR) is 49.9 cm³/mol. The van der Waals surface area contributed by atoms with Gasteiger partial charge in [-0.2, -0.15) is 16.8 Å². The molecule has 2 N–H and O–H groups in total. The highest BCUT2D eigenvalue weighted by Gasteiger charge is 2.17. The Kier molecular flexibility index (Phi) is 6.17. The van der Waals surface area contributed by atoms with E-state index < -0.39 is 20.8 Å². The summed E-state index contributed by atoms with van der Waals surface area (Å²) in [6.45, 7) is 2.50. The molecule has 1 rings (SSSR count). The maximum atomic E-state index is 11.1. The van der Waals surface area contributed by atoms with Gasteiger partial charge in [-0.05, 0) is 25.9 Å². The van der Waals surface area contributed by atoms with Gasteiger partial charge in [0, 0.05) is 0 Å². The molecular formula is C5H12F2N2O4S2. The maximum Gasteiger partial charge on any atom is 0.387 e. The first-order valence-electron chi connectivity index (χ1n) is 4.09. The third kappa shape index (κ3) is 13.7. The normalized spacial score (nSPS) is 17.7. The van der Waals surface area contributed by atoms with Gasteiger partial charge in [0.25, 0.3) is 0 Å². The first-order chi connectivity index (χ1) is 6.71. The highest BCUT2D eigenvalue weighted by molar-refractivity contribution is 7.99. The quantitative estimate of drug-likeness (QED) is 0.673. The van der Waals surface area contributed by atoms with Gasteiger partial charge in [-0.3, -0.25) is 0 Å². The fourth-order valence-corrected chi connectivity index (χ4v) is 1.87. The average molecular weight is 266 g/mol. The van der Waals surface area contributed by atoms with Crippen molar-refractivity contribution in [1.29, 1.82) is 0 Å². The van der Waals surface area contributed by atoms with E-state index in [4.69, 9.17) is 0 Å². The van der Waals surface area contributed by atoms with Crippen LogP contribution in [0, 0.1) is 0 Å². The van der Waals surface area contributed by atoms with E-state index in [-0.39, 0.29) is 4.13 Å². The summed E-state index contributed by atoms with van der Waals surface area (Å²) in [4.78, 5) is 0. The molecule has 0 spiro atoms. The van der Waals surface area contributed by atoms with Crippen LogP contribution in [0.4, 0.5) is 7.77 Å². The fourth-order valence-electron chi connectivity index (χ4n) is 0.921. The molecule has 0 aromatic heterocycles. The van der Waals surface area contributed by atoms with E-state index in [1.54, 1.807) is 0 Å². The van der Waals surface area contributed by atoms with Gasteiger partial charge in [-0.1, -0.05) is 18.3 Å². The molecule has 0 aromatic carbocycles. The van der Waals surface area contributed by atoms with Crippen LogP contribution in [0.15, 0.2) is 0 Å². The van der Waals surface area contributed by atoms with E-state index in [0.717, 1.165) is 0 Å². The summed E-state index contributed by atoms with van der Waals surface area (Å²) in [6.07, 6.45) is 4.22. The summed E-state index contributed by atoms with van der Waals surface area (Å²) in [6, 6.07) is 0. The SMILES string of the molecule is C1CCNCC1.O=S(=O)(F)NS(=O)(=O)F. The molecule has 0 bridgehead atoms. The minimum atomic E-state index is -5.49. The van der Waals surface area contributed by atoms with E-state index in [1.165, 1.54) is 32.4 Å². The minimum absolute atomic E-state index is 0.0694. The molecule has 10 heteroatoms. The van der Waals surface area contributed by atoms with Crippen molar-refractivity contribution in [2.75, 3.05) is 13.1 Å². The Balaban J connectivity index is 0.000000280. The van der Waals surface area contributed by atoms with Crippen LogP contribution < -0.4 is 9.44 Å². The number of nitrogens with one attached hydrogen (secondary N) is 2. The van der Waals surface area contributed by atoms with Crippen LogP contribution in [0.3, 0.4) is 0 Å². The zero-order valence-corrected chi connectivity index (χ0v) is 9.37. The van der Waals surface area contributed by atoms with Crippen molar-refractivity contribution in [3.8, 4) is 0 Å². The van der Waals surface area contributed by atoms with E-state index in [1.807, 2.05) is 0 Å². The standard InChI is InChI=1S/C5H11N.F2HNO4S2/c1-2-4-6-5-3-1;1-8(4,5)3-9(2,6)7/h6H,1-5H2;3H. The second-order valence-corrected chi connectivity index (χ2v) is 5.19. The number of rotatable bonds is 2. The van der Waals surface area contributed by atoms with E-state index in [9.17, 15) is 24.6 Å². The number of hydrogen-bond donors (Lipinski definition) is 2. The van der Waals surface area contributed by atoms with E-state index >= 15 is 0 Å². The summed E-state index contributed by atoms with van der Waals surface area (Å²) >= 11 is 0. The molecule has 1 heterocycles. The van der Waals surface area contributed by atoms with Crippen molar-refractivity contribution >= 4 is 20.8 Å². The molecule has 92 valence electrons. The molecule has 0 saturated carbocycles. The lowest BCUT2D eigenvalue weighted by molar-refractivity contribution is 0.520. The van der Waals surface area contributed by atoms with Gasteiger partial charge in [0.15, 0.2) is 0 Å². The van der Waals surface area contributed by atoms with Crippen LogP contribution in [0.2, 0.25) is 0 Å². The maximum absolute atomic E-state index is 11.1. The topological polar surface area (TPSA) is 92.3 Å². The molecule has 1 saturated heterocycles. The van der Waals surface area contributed by atoms with Crippen molar-refractivity contribution in [3.05, 3.63) is 0 Å². The van der Waals surface area contributed by atoms with Crippen LogP contribution in [-0.4, -0.2) is 29.9 Å². The van der Waals surface area contributed by atoms with Crippen LogP contribution in [-0.2, 0) is 20.8 Å². The number of halogens is 2. The third-order valence-corrected chi connectivity index (χ3v) is 3.00. The van der Waals surface area contributed by atoms with E-state index in [2.05, 4.69) is 5.32 Å². The Bertz CT molecular complexity index is 321. The molecule has 0 aliphatic carbocycles. The van der Waals surface area contributed by atoms with Crippen LogP contribution >= 0.6 is 0 Å². The zero-order valence-electron chi connectivity index (χ0n) is 7.74. The molecule has 0 atom stereocenters. The Morgan fingerprint density at radius 2 is 1.27 bits per heavy atom. The first-order valence-corrected chi connectivity index (χ1v) is 6.86. The summed E-state index contributed by atoms with van der Waals surface area (Å²) in [5.41, 5.74) is 0. The summed E-state index contributed by atoms with van der Waals surface area (Å²) in [5, 5.41) is 3.28. The van der Waals surface area contributed by atoms with Crippen molar-refractivity contribution < 1.29 is 24.6 Å².